The number of carbonyl (C=O) groups excluding carboxylic acids is 1. The van der Waals surface area contributed by atoms with Gasteiger partial charge in [-0.2, -0.15) is 4.99 Å². The first-order chi connectivity index (χ1) is 13.9. The van der Waals surface area contributed by atoms with Crippen LogP contribution in [-0.4, -0.2) is 56.5 Å². The fourth-order valence-corrected chi connectivity index (χ4v) is 7.49. The number of benzene rings is 2. The maximum Gasteiger partial charge on any atom is 0.279 e. The van der Waals surface area contributed by atoms with Gasteiger partial charge >= 0.3 is 0 Å². The second-order valence-electron chi connectivity index (χ2n) is 6.78. The molecule has 2 aromatic rings. The molecule has 2 fully saturated rings. The third-order valence-corrected chi connectivity index (χ3v) is 8.14. The molecule has 0 aliphatic carbocycles. The average molecular weight is 433 g/mol. The van der Waals surface area contributed by atoms with Gasteiger partial charge in [0.25, 0.3) is 5.91 Å². The summed E-state index contributed by atoms with van der Waals surface area (Å²) in [5, 5.41) is 0.373. The Kier molecular flexibility index (Phi) is 5.26. The lowest BCUT2D eigenvalue weighted by atomic mass is 10.2. The van der Waals surface area contributed by atoms with Crippen LogP contribution in [0.1, 0.15) is 10.4 Å². The molecule has 2 saturated heterocycles. The van der Waals surface area contributed by atoms with Crippen molar-refractivity contribution in [2.24, 2.45) is 4.99 Å². The molecule has 0 unspecified atom stereocenters. The van der Waals surface area contributed by atoms with Gasteiger partial charge in [0.1, 0.15) is 0 Å². The van der Waals surface area contributed by atoms with Gasteiger partial charge in [-0.25, -0.2) is 8.42 Å². The molecule has 0 N–H and O–H groups in total. The summed E-state index contributed by atoms with van der Waals surface area (Å²) in [6.45, 7) is 0. The van der Waals surface area contributed by atoms with Gasteiger partial charge in [-0.1, -0.05) is 30.0 Å². The molecule has 2 heterocycles. The first kappa shape index (κ1) is 19.8. The lowest BCUT2D eigenvalue weighted by molar-refractivity contribution is 0.100. The number of carbonyl (C=O) groups is 1. The number of ether oxygens (including phenoxy) is 2. The van der Waals surface area contributed by atoms with E-state index >= 15 is 0 Å². The van der Waals surface area contributed by atoms with Gasteiger partial charge in [0.15, 0.2) is 26.5 Å². The Morgan fingerprint density at radius 1 is 1.07 bits per heavy atom. The topological polar surface area (TPSA) is 85.3 Å². The van der Waals surface area contributed by atoms with E-state index in [1.54, 1.807) is 18.2 Å². The van der Waals surface area contributed by atoms with Crippen LogP contribution in [0.2, 0.25) is 0 Å². The van der Waals surface area contributed by atoms with Crippen LogP contribution in [0.4, 0.5) is 5.69 Å². The highest BCUT2D eigenvalue weighted by atomic mass is 32.2. The van der Waals surface area contributed by atoms with E-state index in [1.807, 2.05) is 35.2 Å². The summed E-state index contributed by atoms with van der Waals surface area (Å²) in [6.07, 6.45) is 0. The maximum atomic E-state index is 12.9. The van der Waals surface area contributed by atoms with Crippen molar-refractivity contribution in [1.82, 2.24) is 0 Å². The fourth-order valence-electron chi connectivity index (χ4n) is 3.58. The number of para-hydroxylation sites is 1. The van der Waals surface area contributed by atoms with Gasteiger partial charge < -0.3 is 14.4 Å². The Hall–Kier alpha value is -2.52. The third-order valence-electron chi connectivity index (χ3n) is 4.93. The maximum absolute atomic E-state index is 12.9. The van der Waals surface area contributed by atoms with Crippen molar-refractivity contribution in [2.75, 3.05) is 30.6 Å². The molecule has 152 valence electrons. The number of amidine groups is 1. The van der Waals surface area contributed by atoms with E-state index in [2.05, 4.69) is 4.99 Å². The molecule has 1 amide bonds. The van der Waals surface area contributed by atoms with Crippen LogP contribution in [0, 0.1) is 0 Å². The second kappa shape index (κ2) is 7.72. The normalized spacial score (nSPS) is 23.8. The predicted molar refractivity (Wildman–Crippen MR) is 114 cm³/mol. The van der Waals surface area contributed by atoms with Crippen LogP contribution in [0.15, 0.2) is 53.5 Å². The second-order valence-corrected chi connectivity index (χ2v) is 10.1. The van der Waals surface area contributed by atoms with Gasteiger partial charge in [0.2, 0.25) is 0 Å². The third kappa shape index (κ3) is 3.84. The average Bonchev–Trinajstić information content (AvgIpc) is 3.18. The molecule has 2 aromatic carbocycles. The van der Waals surface area contributed by atoms with Crippen LogP contribution >= 0.6 is 11.8 Å². The van der Waals surface area contributed by atoms with Gasteiger partial charge in [0.05, 0.1) is 31.8 Å². The number of methoxy groups -OCH3 is 2. The first-order valence-electron chi connectivity index (χ1n) is 8.98. The van der Waals surface area contributed by atoms with E-state index < -0.39 is 15.7 Å². The molecule has 2 aliphatic heterocycles. The molecule has 2 atom stereocenters. The summed E-state index contributed by atoms with van der Waals surface area (Å²) in [5.41, 5.74) is 1.19. The van der Waals surface area contributed by atoms with Crippen molar-refractivity contribution in [1.29, 1.82) is 0 Å². The van der Waals surface area contributed by atoms with E-state index in [-0.39, 0.29) is 22.8 Å². The number of hydrogen-bond acceptors (Lipinski definition) is 6. The summed E-state index contributed by atoms with van der Waals surface area (Å²) < 4.78 is 34.7. The fraction of sp³-hybridized carbons (Fsp3) is 0.300. The van der Waals surface area contributed by atoms with E-state index in [0.717, 1.165) is 5.69 Å². The Balaban J connectivity index is 1.69. The number of sulfone groups is 1. The van der Waals surface area contributed by atoms with E-state index in [9.17, 15) is 13.2 Å². The molecular weight excluding hydrogens is 412 g/mol. The minimum absolute atomic E-state index is 0.0587. The van der Waals surface area contributed by atoms with E-state index in [0.29, 0.717) is 22.2 Å². The van der Waals surface area contributed by atoms with Gasteiger partial charge in [-0.05, 0) is 30.3 Å². The lowest BCUT2D eigenvalue weighted by Gasteiger charge is -2.24. The van der Waals surface area contributed by atoms with Crippen molar-refractivity contribution < 1.29 is 22.7 Å². The van der Waals surface area contributed by atoms with Gasteiger partial charge in [0, 0.05) is 16.5 Å². The van der Waals surface area contributed by atoms with Crippen molar-refractivity contribution in [3.8, 4) is 11.5 Å². The standard InChI is InChI=1S/C20H20N2O5S2/c1-26-16-9-8-13(10-17(16)27-2)19(23)21-20-22(14-6-4-3-5-7-14)15-11-29(24,25)12-18(15)28-20/h3-10,15,18H,11-12H2,1-2H3/t15-,18-/m1/s1. The van der Waals surface area contributed by atoms with E-state index in [4.69, 9.17) is 9.47 Å². The van der Waals surface area contributed by atoms with Crippen LogP contribution in [0.25, 0.3) is 0 Å². The summed E-state index contributed by atoms with van der Waals surface area (Å²) in [7, 11) is -0.0694. The highest BCUT2D eigenvalue weighted by Crippen LogP contribution is 2.41. The van der Waals surface area contributed by atoms with Crippen LogP contribution in [0.3, 0.4) is 0 Å². The summed E-state index contributed by atoms with van der Waals surface area (Å²) in [5.74, 6) is 0.702. The number of thioether (sulfide) groups is 1. The van der Waals surface area contributed by atoms with E-state index in [1.165, 1.54) is 26.0 Å². The number of anilines is 1. The zero-order valence-electron chi connectivity index (χ0n) is 15.9. The Morgan fingerprint density at radius 2 is 1.79 bits per heavy atom. The largest absolute Gasteiger partial charge is 0.493 e. The smallest absolute Gasteiger partial charge is 0.279 e. The van der Waals surface area contributed by atoms with Crippen LogP contribution < -0.4 is 14.4 Å². The van der Waals surface area contributed by atoms with Crippen LogP contribution in [0.5, 0.6) is 11.5 Å². The summed E-state index contributed by atoms with van der Waals surface area (Å²) in [4.78, 5) is 19.1. The number of hydrogen-bond donors (Lipinski definition) is 0. The Bertz CT molecular complexity index is 1070. The lowest BCUT2D eigenvalue weighted by Crippen LogP contribution is -2.37. The highest BCUT2D eigenvalue weighted by Gasteiger charge is 2.49. The number of amides is 1. The van der Waals surface area contributed by atoms with Crippen molar-refractivity contribution >= 4 is 38.4 Å². The molecule has 7 nitrogen and oxygen atoms in total. The van der Waals surface area contributed by atoms with Crippen molar-refractivity contribution in [3.05, 3.63) is 54.1 Å². The molecule has 4 rings (SSSR count). The molecule has 2 aliphatic rings. The first-order valence-corrected chi connectivity index (χ1v) is 11.7. The molecule has 0 bridgehead atoms. The summed E-state index contributed by atoms with van der Waals surface area (Å²) in [6, 6.07) is 14.1. The molecule has 9 heteroatoms. The zero-order valence-corrected chi connectivity index (χ0v) is 17.6. The molecule has 29 heavy (non-hydrogen) atoms. The number of fused-ring (bicyclic) bond motifs is 1. The summed E-state index contributed by atoms with van der Waals surface area (Å²) >= 11 is 1.35. The van der Waals surface area contributed by atoms with Crippen molar-refractivity contribution in [3.63, 3.8) is 0 Å². The van der Waals surface area contributed by atoms with Crippen LogP contribution in [-0.2, 0) is 9.84 Å². The number of nitrogens with zero attached hydrogens (tertiary/aromatic N) is 2. The SMILES string of the molecule is COc1ccc(C(=O)N=C2S[C@@H]3CS(=O)(=O)C[C@H]3N2c2ccccc2)cc1OC. The monoisotopic (exact) mass is 432 g/mol. The van der Waals surface area contributed by atoms with Gasteiger partial charge in [-0.3, -0.25) is 4.79 Å². The molecule has 0 aromatic heterocycles. The zero-order chi connectivity index (χ0) is 20.6. The minimum Gasteiger partial charge on any atom is -0.493 e. The highest BCUT2D eigenvalue weighted by molar-refractivity contribution is 8.16. The number of aliphatic imine (C=N–C) groups is 1. The van der Waals surface area contributed by atoms with Crippen molar-refractivity contribution in [2.45, 2.75) is 11.3 Å². The molecule has 0 spiro atoms. The molecule has 0 radical (unpaired) electrons. The van der Waals surface area contributed by atoms with Gasteiger partial charge in [-0.15, -0.1) is 0 Å². The molecular formula is C20H20N2O5S2. The molecule has 0 saturated carbocycles. The predicted octanol–water partition coefficient (Wildman–Crippen LogP) is 2.62. The quantitative estimate of drug-likeness (QED) is 0.734. The Labute approximate surface area is 173 Å². The minimum atomic E-state index is -3.10. The number of rotatable bonds is 4. The Morgan fingerprint density at radius 3 is 2.48 bits per heavy atom.